The van der Waals surface area contributed by atoms with Crippen LogP contribution in [0.5, 0.6) is 0 Å². The monoisotopic (exact) mass is 343 g/mol. The minimum Gasteiger partial charge on any atom is -0.330 e. The van der Waals surface area contributed by atoms with Crippen LogP contribution in [0.15, 0.2) is 12.4 Å². The van der Waals surface area contributed by atoms with Crippen LogP contribution >= 0.6 is 0 Å². The number of carbonyl (C=O) groups is 1. The number of rotatable bonds is 3. The molecule has 25 heavy (non-hydrogen) atoms. The van der Waals surface area contributed by atoms with Crippen molar-refractivity contribution in [3.63, 3.8) is 0 Å². The van der Waals surface area contributed by atoms with E-state index in [0.29, 0.717) is 11.7 Å². The number of carbonyl (C=O) groups excluding carboxylic acids is 1. The number of H-pyrrole nitrogens is 1. The molecular formula is C17H25N7O. The molecule has 8 heteroatoms. The van der Waals surface area contributed by atoms with Crippen molar-refractivity contribution < 1.29 is 4.79 Å². The molecule has 2 N–H and O–H groups in total. The Morgan fingerprint density at radius 1 is 1.24 bits per heavy atom. The van der Waals surface area contributed by atoms with Gasteiger partial charge in [-0.25, -0.2) is 4.68 Å². The van der Waals surface area contributed by atoms with Crippen LogP contribution in [0.25, 0.3) is 0 Å². The molecule has 2 aliphatic heterocycles. The number of amides is 1. The van der Waals surface area contributed by atoms with E-state index in [9.17, 15) is 4.79 Å². The molecule has 0 aliphatic carbocycles. The predicted octanol–water partition coefficient (Wildman–Crippen LogP) is 1.60. The number of hydrogen-bond donors (Lipinski definition) is 2. The van der Waals surface area contributed by atoms with Crippen LogP contribution in [0.2, 0.25) is 0 Å². The van der Waals surface area contributed by atoms with Crippen molar-refractivity contribution in [2.24, 2.45) is 0 Å². The van der Waals surface area contributed by atoms with Gasteiger partial charge in [-0.15, -0.1) is 5.10 Å². The SMILES string of the molecule is Cc1c(C(=O)N2CCCC[C@H]2c2cn[nH]c2)nnn1C1CCNCC1. The smallest absolute Gasteiger partial charge is 0.276 e. The molecule has 134 valence electrons. The third-order valence-electron chi connectivity index (χ3n) is 5.45. The number of piperidine rings is 2. The summed E-state index contributed by atoms with van der Waals surface area (Å²) in [7, 11) is 0. The maximum atomic E-state index is 13.2. The summed E-state index contributed by atoms with van der Waals surface area (Å²) in [6, 6.07) is 0.407. The Kier molecular flexibility index (Phi) is 4.52. The fourth-order valence-electron chi connectivity index (χ4n) is 4.04. The average molecular weight is 343 g/mol. The second kappa shape index (κ2) is 6.95. The van der Waals surface area contributed by atoms with Crippen LogP contribution in [0.4, 0.5) is 0 Å². The number of likely N-dealkylation sites (tertiary alicyclic amines) is 1. The first-order valence-corrected chi connectivity index (χ1v) is 9.18. The third kappa shape index (κ3) is 3.06. The maximum Gasteiger partial charge on any atom is 0.276 e. The summed E-state index contributed by atoms with van der Waals surface area (Å²) in [5, 5.41) is 18.8. The number of hydrogen-bond acceptors (Lipinski definition) is 5. The van der Waals surface area contributed by atoms with Crippen molar-refractivity contribution >= 4 is 5.91 Å². The largest absolute Gasteiger partial charge is 0.330 e. The van der Waals surface area contributed by atoms with Crippen molar-refractivity contribution in [2.75, 3.05) is 19.6 Å². The van der Waals surface area contributed by atoms with Gasteiger partial charge in [-0.1, -0.05) is 5.21 Å². The number of nitrogens with one attached hydrogen (secondary N) is 2. The minimum atomic E-state index is -0.0106. The van der Waals surface area contributed by atoms with Gasteiger partial charge in [0, 0.05) is 18.3 Å². The first-order valence-electron chi connectivity index (χ1n) is 9.18. The molecule has 0 spiro atoms. The van der Waals surface area contributed by atoms with Crippen LogP contribution in [0.3, 0.4) is 0 Å². The Balaban J connectivity index is 1.58. The molecular weight excluding hydrogens is 318 g/mol. The van der Waals surface area contributed by atoms with Gasteiger partial charge in [-0.3, -0.25) is 9.89 Å². The van der Waals surface area contributed by atoms with Gasteiger partial charge in [0.05, 0.1) is 24.0 Å². The van der Waals surface area contributed by atoms with Crippen molar-refractivity contribution in [3.05, 3.63) is 29.3 Å². The molecule has 0 aromatic carbocycles. The molecule has 2 aromatic heterocycles. The normalized spacial score (nSPS) is 22.3. The number of nitrogens with zero attached hydrogens (tertiary/aromatic N) is 5. The van der Waals surface area contributed by atoms with Crippen molar-refractivity contribution in [1.82, 2.24) is 35.4 Å². The molecule has 2 fully saturated rings. The molecule has 0 radical (unpaired) electrons. The lowest BCUT2D eigenvalue weighted by Gasteiger charge is -2.35. The van der Waals surface area contributed by atoms with Crippen LogP contribution < -0.4 is 5.32 Å². The summed E-state index contributed by atoms with van der Waals surface area (Å²) in [5.74, 6) is -0.0106. The highest BCUT2D eigenvalue weighted by Crippen LogP contribution is 2.32. The van der Waals surface area contributed by atoms with Gasteiger partial charge >= 0.3 is 0 Å². The van der Waals surface area contributed by atoms with Crippen LogP contribution in [-0.4, -0.2) is 55.6 Å². The van der Waals surface area contributed by atoms with E-state index in [0.717, 1.165) is 63.0 Å². The van der Waals surface area contributed by atoms with E-state index in [4.69, 9.17) is 0 Å². The fourth-order valence-corrected chi connectivity index (χ4v) is 4.04. The van der Waals surface area contributed by atoms with E-state index in [-0.39, 0.29) is 11.9 Å². The third-order valence-corrected chi connectivity index (χ3v) is 5.45. The highest BCUT2D eigenvalue weighted by Gasteiger charge is 2.32. The summed E-state index contributed by atoms with van der Waals surface area (Å²) in [6.45, 7) is 4.70. The van der Waals surface area contributed by atoms with Crippen molar-refractivity contribution in [3.8, 4) is 0 Å². The van der Waals surface area contributed by atoms with Gasteiger partial charge in [0.15, 0.2) is 5.69 Å². The van der Waals surface area contributed by atoms with Crippen molar-refractivity contribution in [1.29, 1.82) is 0 Å². The summed E-state index contributed by atoms with van der Waals surface area (Å²) in [6.07, 6.45) is 8.87. The molecule has 0 bridgehead atoms. The molecule has 4 heterocycles. The van der Waals surface area contributed by atoms with Gasteiger partial charge in [0.2, 0.25) is 0 Å². The Labute approximate surface area is 147 Å². The van der Waals surface area contributed by atoms with E-state index in [1.165, 1.54) is 0 Å². The highest BCUT2D eigenvalue weighted by atomic mass is 16.2. The fraction of sp³-hybridized carbons (Fsp3) is 0.647. The minimum absolute atomic E-state index is 0.0106. The van der Waals surface area contributed by atoms with Crippen LogP contribution in [0, 0.1) is 6.92 Å². The molecule has 2 saturated heterocycles. The number of aromatic nitrogens is 5. The second-order valence-electron chi connectivity index (χ2n) is 6.99. The highest BCUT2D eigenvalue weighted by molar-refractivity contribution is 5.93. The van der Waals surface area contributed by atoms with Gasteiger partial charge in [0.25, 0.3) is 5.91 Å². The van der Waals surface area contributed by atoms with Crippen molar-refractivity contribution in [2.45, 2.75) is 51.1 Å². The predicted molar refractivity (Wildman–Crippen MR) is 92.1 cm³/mol. The molecule has 2 aliphatic rings. The summed E-state index contributed by atoms with van der Waals surface area (Å²) < 4.78 is 1.95. The standard InChI is InChI=1S/C17H25N7O/c1-12-16(21-22-24(12)14-5-7-18-8-6-14)17(25)23-9-3-2-4-15(23)13-10-19-20-11-13/h10-11,14-15,18H,2-9H2,1H3,(H,19,20)/t15-/m0/s1. The zero-order chi connectivity index (χ0) is 17.2. The first-order chi connectivity index (χ1) is 12.3. The van der Waals surface area contributed by atoms with Gasteiger partial charge in [-0.2, -0.15) is 5.10 Å². The second-order valence-corrected chi connectivity index (χ2v) is 6.99. The Morgan fingerprint density at radius 3 is 2.84 bits per heavy atom. The maximum absolute atomic E-state index is 13.2. The van der Waals surface area contributed by atoms with E-state index in [1.54, 1.807) is 0 Å². The summed E-state index contributed by atoms with van der Waals surface area (Å²) >= 11 is 0. The molecule has 0 unspecified atom stereocenters. The summed E-state index contributed by atoms with van der Waals surface area (Å²) in [4.78, 5) is 15.1. The van der Waals surface area contributed by atoms with Gasteiger partial charge in [0.1, 0.15) is 0 Å². The quantitative estimate of drug-likeness (QED) is 0.883. The lowest BCUT2D eigenvalue weighted by molar-refractivity contribution is 0.0604. The van der Waals surface area contributed by atoms with Gasteiger partial charge < -0.3 is 10.2 Å². The molecule has 2 aromatic rings. The zero-order valence-corrected chi connectivity index (χ0v) is 14.6. The van der Waals surface area contributed by atoms with E-state index >= 15 is 0 Å². The molecule has 1 amide bonds. The van der Waals surface area contributed by atoms with E-state index < -0.39 is 0 Å². The molecule has 4 rings (SSSR count). The zero-order valence-electron chi connectivity index (χ0n) is 14.6. The average Bonchev–Trinajstić information content (AvgIpc) is 3.32. The van der Waals surface area contributed by atoms with Crippen LogP contribution in [-0.2, 0) is 0 Å². The Morgan fingerprint density at radius 2 is 2.08 bits per heavy atom. The van der Waals surface area contributed by atoms with E-state index in [2.05, 4.69) is 25.8 Å². The van der Waals surface area contributed by atoms with Gasteiger partial charge in [-0.05, 0) is 52.1 Å². The summed E-state index contributed by atoms with van der Waals surface area (Å²) in [5.41, 5.74) is 2.44. The Bertz CT molecular complexity index is 717. The lowest BCUT2D eigenvalue weighted by atomic mass is 9.97. The van der Waals surface area contributed by atoms with Crippen LogP contribution in [0.1, 0.15) is 65.9 Å². The first kappa shape index (κ1) is 16.3. The van der Waals surface area contributed by atoms with E-state index in [1.807, 2.05) is 28.9 Å². The topological polar surface area (TPSA) is 91.7 Å². The molecule has 1 atom stereocenters. The molecule has 8 nitrogen and oxygen atoms in total. The lowest BCUT2D eigenvalue weighted by Crippen LogP contribution is -2.39. The number of aromatic amines is 1. The Hall–Kier alpha value is -2.22. The molecule has 0 saturated carbocycles.